The molecular weight excluding hydrogens is 244 g/mol. The van der Waals surface area contributed by atoms with Crippen molar-refractivity contribution in [1.29, 1.82) is 0 Å². The van der Waals surface area contributed by atoms with Gasteiger partial charge in [-0.25, -0.2) is 5.01 Å². The monoisotopic (exact) mass is 262 g/mol. The minimum atomic E-state index is 1.15. The molecule has 1 aromatic heterocycles. The second-order valence-electron chi connectivity index (χ2n) is 4.91. The zero-order chi connectivity index (χ0) is 13.9. The third-order valence-corrected chi connectivity index (χ3v) is 3.44. The molecule has 0 unspecified atom stereocenters. The predicted molar refractivity (Wildman–Crippen MR) is 84.3 cm³/mol. The van der Waals surface area contributed by atoms with Crippen LogP contribution in [0.5, 0.6) is 0 Å². The number of benzene rings is 2. The Morgan fingerprint density at radius 1 is 0.600 bits per heavy atom. The standard InChI is InChI=1S/C18H18N2/c1-15-13-14-16(2)19(15)20(17-9-5-3-6-10-17)18-11-7-4-8-12-18/h3-14H,1-2H3. The Bertz CT molecular complexity index is 625. The van der Waals surface area contributed by atoms with E-state index in [1.165, 1.54) is 11.4 Å². The highest BCUT2D eigenvalue weighted by Gasteiger charge is 2.14. The maximum atomic E-state index is 2.24. The summed E-state index contributed by atoms with van der Waals surface area (Å²) < 4.78 is 2.24. The van der Waals surface area contributed by atoms with E-state index in [0.717, 1.165) is 11.4 Å². The van der Waals surface area contributed by atoms with E-state index in [9.17, 15) is 0 Å². The zero-order valence-corrected chi connectivity index (χ0v) is 11.8. The number of nitrogens with zero attached hydrogens (tertiary/aromatic N) is 2. The van der Waals surface area contributed by atoms with Gasteiger partial charge < -0.3 is 0 Å². The van der Waals surface area contributed by atoms with Gasteiger partial charge in [0.15, 0.2) is 0 Å². The van der Waals surface area contributed by atoms with Crippen LogP contribution in [0.25, 0.3) is 0 Å². The van der Waals surface area contributed by atoms with Crippen LogP contribution >= 0.6 is 0 Å². The summed E-state index contributed by atoms with van der Waals surface area (Å²) in [7, 11) is 0. The number of aromatic nitrogens is 1. The summed E-state index contributed by atoms with van der Waals surface area (Å²) in [6.45, 7) is 4.26. The molecule has 2 nitrogen and oxygen atoms in total. The van der Waals surface area contributed by atoms with Crippen molar-refractivity contribution in [3.8, 4) is 0 Å². The van der Waals surface area contributed by atoms with Crippen LogP contribution in [-0.2, 0) is 0 Å². The molecule has 0 N–H and O–H groups in total. The van der Waals surface area contributed by atoms with E-state index in [2.05, 4.69) is 84.2 Å². The van der Waals surface area contributed by atoms with Gasteiger partial charge in [0.05, 0.1) is 11.4 Å². The highest BCUT2D eigenvalue weighted by Crippen LogP contribution is 2.28. The maximum absolute atomic E-state index is 2.24. The molecule has 3 rings (SSSR count). The fraction of sp³-hybridized carbons (Fsp3) is 0.111. The maximum Gasteiger partial charge on any atom is 0.0636 e. The van der Waals surface area contributed by atoms with Gasteiger partial charge in [-0.3, -0.25) is 4.68 Å². The van der Waals surface area contributed by atoms with Crippen LogP contribution in [0.15, 0.2) is 72.8 Å². The van der Waals surface area contributed by atoms with Gasteiger partial charge >= 0.3 is 0 Å². The highest BCUT2D eigenvalue weighted by molar-refractivity contribution is 5.63. The molecule has 0 atom stereocenters. The first-order chi connectivity index (χ1) is 9.77. The van der Waals surface area contributed by atoms with Gasteiger partial charge in [-0.1, -0.05) is 36.4 Å². The minimum absolute atomic E-state index is 1.15. The Morgan fingerprint density at radius 2 is 1.00 bits per heavy atom. The first-order valence-electron chi connectivity index (χ1n) is 6.83. The summed E-state index contributed by atoms with van der Waals surface area (Å²) in [6.07, 6.45) is 0. The summed E-state index contributed by atoms with van der Waals surface area (Å²) in [5, 5.41) is 2.24. The molecular formula is C18H18N2. The molecule has 20 heavy (non-hydrogen) atoms. The van der Waals surface area contributed by atoms with Crippen LogP contribution in [0, 0.1) is 13.8 Å². The molecule has 0 saturated carbocycles. The van der Waals surface area contributed by atoms with Crippen molar-refractivity contribution in [3.05, 3.63) is 84.2 Å². The molecule has 0 fully saturated rings. The molecule has 0 radical (unpaired) electrons. The van der Waals surface area contributed by atoms with Crippen molar-refractivity contribution in [2.24, 2.45) is 0 Å². The van der Waals surface area contributed by atoms with E-state index < -0.39 is 0 Å². The number of aryl methyl sites for hydroxylation is 2. The van der Waals surface area contributed by atoms with Gasteiger partial charge in [0.1, 0.15) is 0 Å². The van der Waals surface area contributed by atoms with Crippen LogP contribution in [0.2, 0.25) is 0 Å². The van der Waals surface area contributed by atoms with Gasteiger partial charge in [0, 0.05) is 11.4 Å². The van der Waals surface area contributed by atoms with Crippen molar-refractivity contribution in [2.75, 3.05) is 5.01 Å². The van der Waals surface area contributed by atoms with Crippen LogP contribution in [-0.4, -0.2) is 4.68 Å². The lowest BCUT2D eigenvalue weighted by atomic mass is 10.2. The first-order valence-corrected chi connectivity index (χ1v) is 6.83. The predicted octanol–water partition coefficient (Wildman–Crippen LogP) is 4.71. The number of anilines is 2. The van der Waals surface area contributed by atoms with E-state index in [-0.39, 0.29) is 0 Å². The van der Waals surface area contributed by atoms with E-state index in [1.807, 2.05) is 12.1 Å². The van der Waals surface area contributed by atoms with E-state index >= 15 is 0 Å². The van der Waals surface area contributed by atoms with E-state index in [0.29, 0.717) is 0 Å². The Hall–Kier alpha value is -2.48. The number of para-hydroxylation sites is 2. The first kappa shape index (κ1) is 12.5. The molecule has 0 amide bonds. The minimum Gasteiger partial charge on any atom is -0.258 e. The van der Waals surface area contributed by atoms with Gasteiger partial charge in [-0.2, -0.15) is 0 Å². The van der Waals surface area contributed by atoms with Crippen molar-refractivity contribution >= 4 is 11.4 Å². The highest BCUT2D eigenvalue weighted by atomic mass is 15.6. The lowest BCUT2D eigenvalue weighted by molar-refractivity contribution is 0.765. The summed E-state index contributed by atoms with van der Waals surface area (Å²) >= 11 is 0. The zero-order valence-electron chi connectivity index (χ0n) is 11.8. The van der Waals surface area contributed by atoms with Crippen molar-refractivity contribution in [2.45, 2.75) is 13.8 Å². The number of rotatable bonds is 3. The second-order valence-corrected chi connectivity index (χ2v) is 4.91. The normalized spacial score (nSPS) is 10.5. The second kappa shape index (κ2) is 5.25. The molecule has 100 valence electrons. The molecule has 2 aromatic carbocycles. The summed E-state index contributed by atoms with van der Waals surface area (Å²) in [5.41, 5.74) is 4.74. The fourth-order valence-electron chi connectivity index (χ4n) is 2.49. The van der Waals surface area contributed by atoms with E-state index in [4.69, 9.17) is 0 Å². The van der Waals surface area contributed by atoms with Crippen LogP contribution in [0.4, 0.5) is 11.4 Å². The molecule has 1 heterocycles. The smallest absolute Gasteiger partial charge is 0.0636 e. The van der Waals surface area contributed by atoms with Gasteiger partial charge in [-0.05, 0) is 50.2 Å². The van der Waals surface area contributed by atoms with E-state index in [1.54, 1.807) is 0 Å². The molecule has 0 aliphatic carbocycles. The Labute approximate surface area is 119 Å². The molecule has 0 saturated heterocycles. The molecule has 3 aromatic rings. The lowest BCUT2D eigenvalue weighted by Gasteiger charge is -2.29. The molecule has 0 aliphatic heterocycles. The topological polar surface area (TPSA) is 8.17 Å². The SMILES string of the molecule is Cc1ccc(C)n1N(c1ccccc1)c1ccccc1. The Balaban J connectivity index is 2.20. The van der Waals surface area contributed by atoms with Gasteiger partial charge in [0.2, 0.25) is 0 Å². The molecule has 0 aliphatic rings. The molecule has 0 bridgehead atoms. The van der Waals surface area contributed by atoms with Crippen LogP contribution in [0.1, 0.15) is 11.4 Å². The van der Waals surface area contributed by atoms with Crippen molar-refractivity contribution < 1.29 is 0 Å². The summed E-state index contributed by atoms with van der Waals surface area (Å²) in [6, 6.07) is 25.2. The third-order valence-electron chi connectivity index (χ3n) is 3.44. The largest absolute Gasteiger partial charge is 0.258 e. The summed E-state index contributed by atoms with van der Waals surface area (Å²) in [4.78, 5) is 0. The third kappa shape index (κ3) is 2.21. The average Bonchev–Trinajstić information content (AvgIpc) is 2.82. The fourth-order valence-corrected chi connectivity index (χ4v) is 2.49. The molecule has 2 heteroatoms. The lowest BCUT2D eigenvalue weighted by Crippen LogP contribution is -2.26. The quantitative estimate of drug-likeness (QED) is 0.664. The number of hydrogen-bond acceptors (Lipinski definition) is 1. The van der Waals surface area contributed by atoms with Crippen LogP contribution < -0.4 is 5.01 Å². The average molecular weight is 262 g/mol. The van der Waals surface area contributed by atoms with Gasteiger partial charge in [0.25, 0.3) is 0 Å². The Kier molecular flexibility index (Phi) is 3.30. The van der Waals surface area contributed by atoms with Crippen molar-refractivity contribution in [1.82, 2.24) is 4.68 Å². The molecule has 0 spiro atoms. The Morgan fingerprint density at radius 3 is 1.40 bits per heavy atom. The van der Waals surface area contributed by atoms with Crippen molar-refractivity contribution in [3.63, 3.8) is 0 Å². The van der Waals surface area contributed by atoms with Gasteiger partial charge in [-0.15, -0.1) is 0 Å². The number of hydrogen-bond donors (Lipinski definition) is 0. The summed E-state index contributed by atoms with van der Waals surface area (Å²) in [5.74, 6) is 0. The van der Waals surface area contributed by atoms with Crippen LogP contribution in [0.3, 0.4) is 0 Å².